The summed E-state index contributed by atoms with van der Waals surface area (Å²) in [6.07, 6.45) is 3.48. The molecule has 0 saturated heterocycles. The number of aromatic nitrogens is 2. The summed E-state index contributed by atoms with van der Waals surface area (Å²) < 4.78 is 3.31. The highest BCUT2D eigenvalue weighted by Gasteiger charge is 2.17. The van der Waals surface area contributed by atoms with Crippen LogP contribution in [0.15, 0.2) is 4.47 Å². The SMILES string of the molecule is CCCNC(CSCCC)Cc1c(Br)c(C)nn1CC. The van der Waals surface area contributed by atoms with Gasteiger partial charge in [-0.15, -0.1) is 0 Å². The number of nitrogens with zero attached hydrogens (tertiary/aromatic N) is 2. The first-order valence-electron chi connectivity index (χ1n) is 7.66. The normalized spacial score (nSPS) is 12.8. The van der Waals surface area contributed by atoms with E-state index in [1.807, 2.05) is 11.8 Å². The van der Waals surface area contributed by atoms with Gasteiger partial charge in [-0.3, -0.25) is 4.68 Å². The molecule has 1 heterocycles. The number of nitrogens with one attached hydrogen (secondary N) is 1. The molecule has 3 nitrogen and oxygen atoms in total. The topological polar surface area (TPSA) is 29.9 Å². The molecule has 0 aliphatic carbocycles. The summed E-state index contributed by atoms with van der Waals surface area (Å²) in [5.41, 5.74) is 2.42. The Balaban J connectivity index is 2.71. The number of hydrogen-bond donors (Lipinski definition) is 1. The van der Waals surface area contributed by atoms with E-state index in [1.54, 1.807) is 0 Å². The number of halogens is 1. The zero-order valence-electron chi connectivity index (χ0n) is 13.2. The second-order valence-corrected chi connectivity index (χ2v) is 7.03. The Morgan fingerprint density at radius 3 is 2.65 bits per heavy atom. The molecule has 20 heavy (non-hydrogen) atoms. The van der Waals surface area contributed by atoms with E-state index < -0.39 is 0 Å². The number of rotatable bonds is 10. The Morgan fingerprint density at radius 1 is 1.30 bits per heavy atom. The number of thioether (sulfide) groups is 1. The second kappa shape index (κ2) is 9.85. The molecule has 1 unspecified atom stereocenters. The highest BCUT2D eigenvalue weighted by Crippen LogP contribution is 2.23. The van der Waals surface area contributed by atoms with E-state index in [1.165, 1.54) is 34.5 Å². The molecule has 0 aliphatic rings. The van der Waals surface area contributed by atoms with E-state index in [-0.39, 0.29) is 0 Å². The van der Waals surface area contributed by atoms with Crippen molar-refractivity contribution < 1.29 is 0 Å². The van der Waals surface area contributed by atoms with Gasteiger partial charge in [-0.1, -0.05) is 13.8 Å². The van der Waals surface area contributed by atoms with Crippen LogP contribution in [0.25, 0.3) is 0 Å². The molecule has 116 valence electrons. The van der Waals surface area contributed by atoms with Crippen molar-refractivity contribution in [2.45, 2.75) is 59.5 Å². The van der Waals surface area contributed by atoms with Crippen LogP contribution in [0.2, 0.25) is 0 Å². The fourth-order valence-corrected chi connectivity index (χ4v) is 3.63. The third-order valence-corrected chi connectivity index (χ3v) is 5.61. The molecule has 0 spiro atoms. The first kappa shape index (κ1) is 18.1. The highest BCUT2D eigenvalue weighted by atomic mass is 79.9. The smallest absolute Gasteiger partial charge is 0.0738 e. The third kappa shape index (κ3) is 5.41. The third-order valence-electron chi connectivity index (χ3n) is 3.24. The molecule has 1 atom stereocenters. The monoisotopic (exact) mass is 361 g/mol. The minimum Gasteiger partial charge on any atom is -0.313 e. The van der Waals surface area contributed by atoms with Crippen LogP contribution >= 0.6 is 27.7 Å². The van der Waals surface area contributed by atoms with E-state index in [4.69, 9.17) is 0 Å². The predicted octanol–water partition coefficient (Wildman–Crippen LogP) is 4.03. The maximum atomic E-state index is 4.59. The van der Waals surface area contributed by atoms with Crippen LogP contribution in [0.5, 0.6) is 0 Å². The largest absolute Gasteiger partial charge is 0.313 e. The van der Waals surface area contributed by atoms with E-state index in [2.05, 4.69) is 58.7 Å². The van der Waals surface area contributed by atoms with Gasteiger partial charge < -0.3 is 5.32 Å². The molecular weight excluding hydrogens is 334 g/mol. The number of aryl methyl sites for hydroxylation is 2. The maximum Gasteiger partial charge on any atom is 0.0738 e. The fraction of sp³-hybridized carbons (Fsp3) is 0.800. The minimum atomic E-state index is 0.532. The van der Waals surface area contributed by atoms with Gasteiger partial charge in [0.25, 0.3) is 0 Å². The summed E-state index contributed by atoms with van der Waals surface area (Å²) in [6.45, 7) is 10.7. The Hall–Kier alpha value is 0. The van der Waals surface area contributed by atoms with E-state index in [0.717, 1.165) is 25.2 Å². The molecule has 1 rings (SSSR count). The van der Waals surface area contributed by atoms with Crippen molar-refractivity contribution in [2.75, 3.05) is 18.1 Å². The van der Waals surface area contributed by atoms with Crippen molar-refractivity contribution in [3.8, 4) is 0 Å². The summed E-state index contributed by atoms with van der Waals surface area (Å²) in [7, 11) is 0. The molecule has 0 aromatic carbocycles. The lowest BCUT2D eigenvalue weighted by Gasteiger charge is -2.19. The molecule has 1 aromatic rings. The minimum absolute atomic E-state index is 0.532. The van der Waals surface area contributed by atoms with Crippen LogP contribution in [0, 0.1) is 6.92 Å². The van der Waals surface area contributed by atoms with Crippen LogP contribution in [-0.2, 0) is 13.0 Å². The van der Waals surface area contributed by atoms with Gasteiger partial charge in [0, 0.05) is 24.8 Å². The molecule has 5 heteroatoms. The molecule has 0 aliphatic heterocycles. The zero-order valence-corrected chi connectivity index (χ0v) is 15.6. The van der Waals surface area contributed by atoms with E-state index in [9.17, 15) is 0 Å². The van der Waals surface area contributed by atoms with Gasteiger partial charge in [0.05, 0.1) is 15.9 Å². The molecule has 0 radical (unpaired) electrons. The van der Waals surface area contributed by atoms with Crippen molar-refractivity contribution in [2.24, 2.45) is 0 Å². The Morgan fingerprint density at radius 2 is 2.05 bits per heavy atom. The average molecular weight is 362 g/mol. The molecular formula is C15H28BrN3S. The van der Waals surface area contributed by atoms with Crippen LogP contribution in [0.1, 0.15) is 45.0 Å². The quantitative estimate of drug-likeness (QED) is 0.638. The van der Waals surface area contributed by atoms with Crippen LogP contribution < -0.4 is 5.32 Å². The lowest BCUT2D eigenvalue weighted by Crippen LogP contribution is -2.35. The summed E-state index contributed by atoms with van der Waals surface area (Å²) in [5.74, 6) is 2.42. The van der Waals surface area contributed by atoms with Crippen molar-refractivity contribution in [3.05, 3.63) is 15.9 Å². The van der Waals surface area contributed by atoms with Gasteiger partial charge in [0.1, 0.15) is 0 Å². The van der Waals surface area contributed by atoms with Crippen LogP contribution in [0.3, 0.4) is 0 Å². The van der Waals surface area contributed by atoms with Crippen molar-refractivity contribution in [1.29, 1.82) is 0 Å². The number of hydrogen-bond acceptors (Lipinski definition) is 3. The van der Waals surface area contributed by atoms with Crippen molar-refractivity contribution >= 4 is 27.7 Å². The first-order chi connectivity index (χ1) is 9.63. The van der Waals surface area contributed by atoms with Gasteiger partial charge >= 0.3 is 0 Å². The molecule has 0 fully saturated rings. The fourth-order valence-electron chi connectivity index (χ4n) is 2.21. The van der Waals surface area contributed by atoms with E-state index >= 15 is 0 Å². The van der Waals surface area contributed by atoms with Gasteiger partial charge in [-0.2, -0.15) is 16.9 Å². The highest BCUT2D eigenvalue weighted by molar-refractivity contribution is 9.10. The summed E-state index contributed by atoms with van der Waals surface area (Å²) in [4.78, 5) is 0. The first-order valence-corrected chi connectivity index (χ1v) is 9.61. The maximum absolute atomic E-state index is 4.59. The van der Waals surface area contributed by atoms with Crippen LogP contribution in [-0.4, -0.2) is 33.9 Å². The molecule has 1 aromatic heterocycles. The average Bonchev–Trinajstić information content (AvgIpc) is 2.72. The molecule has 0 saturated carbocycles. The second-order valence-electron chi connectivity index (χ2n) is 5.09. The van der Waals surface area contributed by atoms with Crippen LogP contribution in [0.4, 0.5) is 0 Å². The van der Waals surface area contributed by atoms with Gasteiger partial charge in [0.2, 0.25) is 0 Å². The van der Waals surface area contributed by atoms with Crippen molar-refractivity contribution in [3.63, 3.8) is 0 Å². The zero-order chi connectivity index (χ0) is 15.0. The Labute approximate surface area is 136 Å². The van der Waals surface area contributed by atoms with E-state index in [0.29, 0.717) is 6.04 Å². The molecule has 1 N–H and O–H groups in total. The summed E-state index contributed by atoms with van der Waals surface area (Å²) in [5, 5.41) is 8.28. The molecule has 0 bridgehead atoms. The Bertz CT molecular complexity index is 393. The lowest BCUT2D eigenvalue weighted by atomic mass is 10.1. The van der Waals surface area contributed by atoms with Gasteiger partial charge in [-0.25, -0.2) is 0 Å². The molecule has 0 amide bonds. The van der Waals surface area contributed by atoms with Gasteiger partial charge in [0.15, 0.2) is 0 Å². The Kier molecular flexibility index (Phi) is 8.89. The summed E-state index contributed by atoms with van der Waals surface area (Å²) >= 11 is 5.75. The van der Waals surface area contributed by atoms with Crippen molar-refractivity contribution in [1.82, 2.24) is 15.1 Å². The summed E-state index contributed by atoms with van der Waals surface area (Å²) in [6, 6.07) is 0.532. The standard InChI is InChI=1S/C15H28BrN3S/c1-5-8-17-13(11-20-9-6-2)10-14-15(16)12(4)18-19(14)7-3/h13,17H,5-11H2,1-4H3. The lowest BCUT2D eigenvalue weighted by molar-refractivity contribution is 0.519. The predicted molar refractivity (Wildman–Crippen MR) is 93.7 cm³/mol. The van der Waals surface area contributed by atoms with Gasteiger partial charge in [-0.05, 0) is 54.9 Å².